The maximum absolute atomic E-state index is 11.5. The molecule has 104 valence electrons. The number of carbonyl (C=O) groups excluding carboxylic acids is 2. The number of esters is 2. The molecule has 6 heteroatoms. The number of benzene rings is 1. The number of methoxy groups -OCH3 is 1. The molecule has 1 rings (SSSR count). The normalized spacial score (nSPS) is 11.7. The van der Waals surface area contributed by atoms with E-state index in [-0.39, 0.29) is 24.3 Å². The first-order chi connectivity index (χ1) is 8.97. The maximum Gasteiger partial charge on any atom is 0.347 e. The molecule has 0 bridgehead atoms. The molecular formula is C13H16O6. The average molecular weight is 268 g/mol. The summed E-state index contributed by atoms with van der Waals surface area (Å²) in [5.41, 5.74) is 0.537. The predicted octanol–water partition coefficient (Wildman–Crippen LogP) is 1.14. The van der Waals surface area contributed by atoms with Crippen molar-refractivity contribution < 1.29 is 29.3 Å². The Kier molecular flexibility index (Phi) is 5.17. The molecule has 2 N–H and O–H groups in total. The van der Waals surface area contributed by atoms with Crippen LogP contribution in [0.3, 0.4) is 0 Å². The molecule has 0 amide bonds. The topological polar surface area (TPSA) is 93.1 Å². The second-order valence-electron chi connectivity index (χ2n) is 3.88. The maximum atomic E-state index is 11.5. The number of aromatic hydroxyl groups is 2. The molecule has 0 aliphatic rings. The molecule has 0 radical (unpaired) electrons. The molecule has 0 saturated carbocycles. The van der Waals surface area contributed by atoms with E-state index in [4.69, 9.17) is 4.74 Å². The number of phenols is 2. The van der Waals surface area contributed by atoms with E-state index in [1.807, 2.05) is 0 Å². The third kappa shape index (κ3) is 4.17. The predicted molar refractivity (Wildman–Crippen MR) is 65.7 cm³/mol. The van der Waals surface area contributed by atoms with Crippen LogP contribution in [-0.2, 0) is 25.5 Å². The van der Waals surface area contributed by atoms with Crippen molar-refractivity contribution in [1.29, 1.82) is 0 Å². The van der Waals surface area contributed by atoms with Gasteiger partial charge in [-0.2, -0.15) is 0 Å². The van der Waals surface area contributed by atoms with Gasteiger partial charge < -0.3 is 19.7 Å². The zero-order valence-corrected chi connectivity index (χ0v) is 10.8. The van der Waals surface area contributed by atoms with E-state index in [0.29, 0.717) is 5.56 Å². The van der Waals surface area contributed by atoms with Crippen LogP contribution in [0.1, 0.15) is 18.9 Å². The number of hydrogen-bond acceptors (Lipinski definition) is 6. The van der Waals surface area contributed by atoms with Crippen molar-refractivity contribution in [3.63, 3.8) is 0 Å². The van der Waals surface area contributed by atoms with E-state index in [1.165, 1.54) is 25.3 Å². The smallest absolute Gasteiger partial charge is 0.347 e. The lowest BCUT2D eigenvalue weighted by Crippen LogP contribution is -2.30. The zero-order chi connectivity index (χ0) is 14.4. The lowest BCUT2D eigenvalue weighted by Gasteiger charge is -2.15. The molecule has 1 aromatic rings. The minimum atomic E-state index is -1.07. The highest BCUT2D eigenvalue weighted by molar-refractivity contribution is 5.79. The number of carbonyl (C=O) groups is 2. The monoisotopic (exact) mass is 268 g/mol. The SMILES string of the molecule is CCC(=O)OC(Cc1ccc(O)c(O)c1)C(=O)OC. The van der Waals surface area contributed by atoms with Crippen LogP contribution in [0.4, 0.5) is 0 Å². The fourth-order valence-corrected chi connectivity index (χ4v) is 1.46. The molecule has 19 heavy (non-hydrogen) atoms. The van der Waals surface area contributed by atoms with Crippen LogP contribution in [-0.4, -0.2) is 35.4 Å². The Morgan fingerprint density at radius 1 is 1.26 bits per heavy atom. The van der Waals surface area contributed by atoms with E-state index >= 15 is 0 Å². The van der Waals surface area contributed by atoms with Crippen LogP contribution >= 0.6 is 0 Å². The molecule has 1 atom stereocenters. The van der Waals surface area contributed by atoms with Crippen LogP contribution in [0, 0.1) is 0 Å². The Morgan fingerprint density at radius 2 is 1.95 bits per heavy atom. The van der Waals surface area contributed by atoms with Gasteiger partial charge in [0.15, 0.2) is 11.5 Å². The third-order valence-electron chi connectivity index (χ3n) is 2.49. The first kappa shape index (κ1) is 14.8. The van der Waals surface area contributed by atoms with Crippen molar-refractivity contribution in [2.24, 2.45) is 0 Å². The van der Waals surface area contributed by atoms with Crippen molar-refractivity contribution in [1.82, 2.24) is 0 Å². The molecular weight excluding hydrogens is 252 g/mol. The Bertz CT molecular complexity index is 468. The molecule has 0 fully saturated rings. The molecule has 0 spiro atoms. The first-order valence-electron chi connectivity index (χ1n) is 5.76. The van der Waals surface area contributed by atoms with Gasteiger partial charge in [0.1, 0.15) is 0 Å². The van der Waals surface area contributed by atoms with Crippen LogP contribution in [0.15, 0.2) is 18.2 Å². The van der Waals surface area contributed by atoms with Gasteiger partial charge in [-0.15, -0.1) is 0 Å². The number of hydrogen-bond donors (Lipinski definition) is 2. The van der Waals surface area contributed by atoms with Crippen molar-refractivity contribution in [3.8, 4) is 11.5 Å². The summed E-state index contributed by atoms with van der Waals surface area (Å²) < 4.78 is 9.52. The fraction of sp³-hybridized carbons (Fsp3) is 0.385. The standard InChI is InChI=1S/C13H16O6/c1-3-12(16)19-11(13(17)18-2)7-8-4-5-9(14)10(15)6-8/h4-6,11,14-15H,3,7H2,1-2H3. The van der Waals surface area contributed by atoms with Crippen LogP contribution in [0.5, 0.6) is 11.5 Å². The molecule has 0 aliphatic carbocycles. The van der Waals surface area contributed by atoms with Gasteiger partial charge in [0.2, 0.25) is 6.10 Å². The largest absolute Gasteiger partial charge is 0.504 e. The van der Waals surface area contributed by atoms with Crippen molar-refractivity contribution >= 4 is 11.9 Å². The highest BCUT2D eigenvalue weighted by atomic mass is 16.6. The van der Waals surface area contributed by atoms with Gasteiger partial charge in [0.25, 0.3) is 0 Å². The quantitative estimate of drug-likeness (QED) is 0.614. The summed E-state index contributed by atoms with van der Waals surface area (Å²) in [5, 5.41) is 18.6. The van der Waals surface area contributed by atoms with Crippen LogP contribution < -0.4 is 0 Å². The summed E-state index contributed by atoms with van der Waals surface area (Å²) in [7, 11) is 1.20. The summed E-state index contributed by atoms with van der Waals surface area (Å²) in [4.78, 5) is 22.7. The molecule has 0 heterocycles. The van der Waals surface area contributed by atoms with Gasteiger partial charge in [-0.1, -0.05) is 13.0 Å². The van der Waals surface area contributed by atoms with Crippen molar-refractivity contribution in [2.45, 2.75) is 25.9 Å². The summed E-state index contributed by atoms with van der Waals surface area (Å²) in [6.07, 6.45) is -0.859. The molecule has 6 nitrogen and oxygen atoms in total. The lowest BCUT2D eigenvalue weighted by atomic mass is 10.1. The number of ether oxygens (including phenoxy) is 2. The number of phenolic OH excluding ortho intramolecular Hbond substituents is 2. The van der Waals surface area contributed by atoms with Gasteiger partial charge in [-0.25, -0.2) is 4.79 Å². The Balaban J connectivity index is 2.84. The second kappa shape index (κ2) is 6.63. The Labute approximate surface area is 110 Å². The van der Waals surface area contributed by atoms with E-state index in [2.05, 4.69) is 4.74 Å². The highest BCUT2D eigenvalue weighted by Crippen LogP contribution is 2.25. The third-order valence-corrected chi connectivity index (χ3v) is 2.49. The minimum absolute atomic E-state index is 0.0618. The van der Waals surface area contributed by atoms with E-state index in [9.17, 15) is 19.8 Å². The fourth-order valence-electron chi connectivity index (χ4n) is 1.46. The molecule has 0 aliphatic heterocycles. The van der Waals surface area contributed by atoms with Gasteiger partial charge in [-0.3, -0.25) is 4.79 Å². The number of rotatable bonds is 5. The van der Waals surface area contributed by atoms with Crippen molar-refractivity contribution in [2.75, 3.05) is 7.11 Å². The Morgan fingerprint density at radius 3 is 2.47 bits per heavy atom. The Hall–Kier alpha value is -2.24. The molecule has 1 aromatic carbocycles. The molecule has 0 aromatic heterocycles. The molecule has 0 saturated heterocycles. The van der Waals surface area contributed by atoms with Gasteiger partial charge in [-0.05, 0) is 17.7 Å². The first-order valence-corrected chi connectivity index (χ1v) is 5.76. The minimum Gasteiger partial charge on any atom is -0.504 e. The average Bonchev–Trinajstić information content (AvgIpc) is 2.41. The van der Waals surface area contributed by atoms with Crippen LogP contribution in [0.25, 0.3) is 0 Å². The summed E-state index contributed by atoms with van der Waals surface area (Å²) in [5.74, 6) is -1.75. The summed E-state index contributed by atoms with van der Waals surface area (Å²) in [6.45, 7) is 1.61. The second-order valence-corrected chi connectivity index (χ2v) is 3.88. The zero-order valence-electron chi connectivity index (χ0n) is 10.8. The van der Waals surface area contributed by atoms with Gasteiger partial charge >= 0.3 is 11.9 Å². The molecule has 1 unspecified atom stereocenters. The summed E-state index contributed by atoms with van der Waals surface area (Å²) in [6, 6.07) is 4.11. The van der Waals surface area contributed by atoms with Crippen LogP contribution in [0.2, 0.25) is 0 Å². The highest BCUT2D eigenvalue weighted by Gasteiger charge is 2.24. The van der Waals surface area contributed by atoms with Crippen molar-refractivity contribution in [3.05, 3.63) is 23.8 Å². The van der Waals surface area contributed by atoms with E-state index < -0.39 is 18.0 Å². The van der Waals surface area contributed by atoms with E-state index in [0.717, 1.165) is 0 Å². The lowest BCUT2D eigenvalue weighted by molar-refractivity contribution is -0.165. The van der Waals surface area contributed by atoms with Gasteiger partial charge in [0, 0.05) is 12.8 Å². The van der Waals surface area contributed by atoms with E-state index in [1.54, 1.807) is 6.92 Å². The summed E-state index contributed by atoms with van der Waals surface area (Å²) >= 11 is 0. The van der Waals surface area contributed by atoms with Gasteiger partial charge in [0.05, 0.1) is 7.11 Å².